The fourth-order valence-electron chi connectivity index (χ4n) is 1.48. The molecule has 0 spiro atoms. The summed E-state index contributed by atoms with van der Waals surface area (Å²) in [4.78, 5) is 0. The van der Waals surface area contributed by atoms with Gasteiger partial charge in [0.25, 0.3) is 0 Å². The van der Waals surface area contributed by atoms with Gasteiger partial charge in [0.1, 0.15) is 11.5 Å². The van der Waals surface area contributed by atoms with Gasteiger partial charge >= 0.3 is 0 Å². The number of nitrogens with one attached hydrogen (secondary N) is 1. The van der Waals surface area contributed by atoms with Crippen LogP contribution in [0.3, 0.4) is 0 Å². The summed E-state index contributed by atoms with van der Waals surface area (Å²) in [6.07, 6.45) is 0.279. The standard InChI is InChI=1S/C14H25NO2/c1-6-15-8-14-7-13(12(5)17-14)9-16-11(4)10(2)3/h7,10-11,15H,6,8-9H2,1-5H3. The van der Waals surface area contributed by atoms with Crippen LogP contribution in [0.15, 0.2) is 10.5 Å². The Morgan fingerprint density at radius 1 is 1.35 bits per heavy atom. The molecule has 0 bridgehead atoms. The smallest absolute Gasteiger partial charge is 0.118 e. The van der Waals surface area contributed by atoms with Gasteiger partial charge in [-0.25, -0.2) is 0 Å². The van der Waals surface area contributed by atoms with Gasteiger partial charge in [-0.1, -0.05) is 20.8 Å². The minimum atomic E-state index is 0.279. The summed E-state index contributed by atoms with van der Waals surface area (Å²) in [5.41, 5.74) is 1.16. The van der Waals surface area contributed by atoms with E-state index in [0.717, 1.165) is 30.2 Å². The number of hydrogen-bond donors (Lipinski definition) is 1. The van der Waals surface area contributed by atoms with E-state index >= 15 is 0 Å². The summed E-state index contributed by atoms with van der Waals surface area (Å²) in [5.74, 6) is 2.50. The van der Waals surface area contributed by atoms with Crippen LogP contribution in [-0.4, -0.2) is 12.6 Å². The summed E-state index contributed by atoms with van der Waals surface area (Å²) in [6, 6.07) is 2.09. The van der Waals surface area contributed by atoms with Gasteiger partial charge < -0.3 is 14.5 Å². The van der Waals surface area contributed by atoms with Crippen molar-refractivity contribution in [2.24, 2.45) is 5.92 Å². The molecule has 0 aromatic carbocycles. The van der Waals surface area contributed by atoms with Gasteiger partial charge in [-0.3, -0.25) is 0 Å². The first-order valence-electron chi connectivity index (χ1n) is 6.45. The molecule has 3 heteroatoms. The predicted octanol–water partition coefficient (Wildman–Crippen LogP) is 3.26. The third kappa shape index (κ3) is 4.52. The zero-order chi connectivity index (χ0) is 12.8. The highest BCUT2D eigenvalue weighted by molar-refractivity contribution is 5.19. The largest absolute Gasteiger partial charge is 0.465 e. The van der Waals surface area contributed by atoms with Crippen LogP contribution in [0.1, 0.15) is 44.8 Å². The molecule has 0 aliphatic carbocycles. The maximum Gasteiger partial charge on any atom is 0.118 e. The van der Waals surface area contributed by atoms with Crippen LogP contribution in [0, 0.1) is 12.8 Å². The molecule has 0 amide bonds. The van der Waals surface area contributed by atoms with Crippen molar-refractivity contribution in [1.82, 2.24) is 5.32 Å². The Labute approximate surface area is 105 Å². The first kappa shape index (κ1) is 14.3. The normalized spacial score (nSPS) is 13.3. The van der Waals surface area contributed by atoms with Crippen LogP contribution in [0.25, 0.3) is 0 Å². The maximum atomic E-state index is 5.81. The second-order valence-corrected chi connectivity index (χ2v) is 4.83. The van der Waals surface area contributed by atoms with Crippen LogP contribution < -0.4 is 5.32 Å². The highest BCUT2D eigenvalue weighted by Gasteiger charge is 2.11. The van der Waals surface area contributed by atoms with Crippen molar-refractivity contribution in [2.45, 2.75) is 53.9 Å². The molecule has 17 heavy (non-hydrogen) atoms. The van der Waals surface area contributed by atoms with Gasteiger partial charge in [-0.2, -0.15) is 0 Å². The van der Waals surface area contributed by atoms with Gasteiger partial charge in [-0.05, 0) is 32.4 Å². The quantitative estimate of drug-likeness (QED) is 0.793. The molecule has 1 aromatic heterocycles. The molecule has 0 aliphatic heterocycles. The van der Waals surface area contributed by atoms with Crippen molar-refractivity contribution in [3.63, 3.8) is 0 Å². The van der Waals surface area contributed by atoms with E-state index in [9.17, 15) is 0 Å². The molecule has 1 atom stereocenters. The van der Waals surface area contributed by atoms with Crippen LogP contribution in [-0.2, 0) is 17.9 Å². The monoisotopic (exact) mass is 239 g/mol. The van der Waals surface area contributed by atoms with Crippen molar-refractivity contribution in [2.75, 3.05) is 6.54 Å². The highest BCUT2D eigenvalue weighted by Crippen LogP contribution is 2.17. The molecule has 0 saturated carbocycles. The zero-order valence-corrected chi connectivity index (χ0v) is 11.7. The predicted molar refractivity (Wildman–Crippen MR) is 69.9 cm³/mol. The Bertz CT molecular complexity index is 331. The zero-order valence-electron chi connectivity index (χ0n) is 11.7. The first-order chi connectivity index (χ1) is 8.04. The molecule has 1 N–H and O–H groups in total. The lowest BCUT2D eigenvalue weighted by molar-refractivity contribution is 0.0230. The van der Waals surface area contributed by atoms with Crippen molar-refractivity contribution in [1.29, 1.82) is 0 Å². The Morgan fingerprint density at radius 2 is 2.06 bits per heavy atom. The van der Waals surface area contributed by atoms with E-state index in [2.05, 4.69) is 39.1 Å². The molecule has 1 heterocycles. The maximum absolute atomic E-state index is 5.81. The Morgan fingerprint density at radius 3 is 2.65 bits per heavy atom. The van der Waals surface area contributed by atoms with E-state index in [4.69, 9.17) is 9.15 Å². The van der Waals surface area contributed by atoms with Gasteiger partial charge in [0.2, 0.25) is 0 Å². The molecule has 1 rings (SSSR count). The molecular weight excluding hydrogens is 214 g/mol. The van der Waals surface area contributed by atoms with Crippen molar-refractivity contribution in [3.8, 4) is 0 Å². The van der Waals surface area contributed by atoms with E-state index in [1.165, 1.54) is 0 Å². The average molecular weight is 239 g/mol. The van der Waals surface area contributed by atoms with E-state index in [1.807, 2.05) is 6.92 Å². The number of hydrogen-bond acceptors (Lipinski definition) is 3. The Hall–Kier alpha value is -0.800. The second kappa shape index (κ2) is 6.82. The summed E-state index contributed by atoms with van der Waals surface area (Å²) in [6.45, 7) is 12.9. The number of ether oxygens (including phenoxy) is 1. The average Bonchev–Trinajstić information content (AvgIpc) is 2.64. The van der Waals surface area contributed by atoms with Gasteiger partial charge in [-0.15, -0.1) is 0 Å². The van der Waals surface area contributed by atoms with Crippen LogP contribution in [0.5, 0.6) is 0 Å². The van der Waals surface area contributed by atoms with Gasteiger partial charge in [0.05, 0.1) is 19.3 Å². The lowest BCUT2D eigenvalue weighted by Gasteiger charge is -2.15. The van der Waals surface area contributed by atoms with E-state index in [-0.39, 0.29) is 6.10 Å². The molecule has 1 unspecified atom stereocenters. The third-order valence-electron chi connectivity index (χ3n) is 3.06. The van der Waals surface area contributed by atoms with Crippen LogP contribution >= 0.6 is 0 Å². The molecule has 0 fully saturated rings. The van der Waals surface area contributed by atoms with Gasteiger partial charge in [0, 0.05) is 5.56 Å². The van der Waals surface area contributed by atoms with Crippen molar-refractivity contribution in [3.05, 3.63) is 23.2 Å². The highest BCUT2D eigenvalue weighted by atomic mass is 16.5. The lowest BCUT2D eigenvalue weighted by atomic mass is 10.1. The van der Waals surface area contributed by atoms with E-state index in [0.29, 0.717) is 12.5 Å². The minimum Gasteiger partial charge on any atom is -0.465 e. The van der Waals surface area contributed by atoms with E-state index < -0.39 is 0 Å². The molecule has 0 radical (unpaired) electrons. The number of rotatable bonds is 7. The minimum absolute atomic E-state index is 0.279. The molecule has 98 valence electrons. The summed E-state index contributed by atoms with van der Waals surface area (Å²) < 4.78 is 11.5. The first-order valence-corrected chi connectivity index (χ1v) is 6.45. The SMILES string of the molecule is CCNCc1cc(COC(C)C(C)C)c(C)o1. The third-order valence-corrected chi connectivity index (χ3v) is 3.06. The molecular formula is C14H25NO2. The fourth-order valence-corrected chi connectivity index (χ4v) is 1.48. The van der Waals surface area contributed by atoms with Crippen molar-refractivity contribution < 1.29 is 9.15 Å². The molecule has 0 aliphatic rings. The van der Waals surface area contributed by atoms with E-state index in [1.54, 1.807) is 0 Å². The second-order valence-electron chi connectivity index (χ2n) is 4.83. The molecule has 3 nitrogen and oxygen atoms in total. The van der Waals surface area contributed by atoms with Crippen LogP contribution in [0.4, 0.5) is 0 Å². The topological polar surface area (TPSA) is 34.4 Å². The number of furan rings is 1. The summed E-state index contributed by atoms with van der Waals surface area (Å²) in [7, 11) is 0. The van der Waals surface area contributed by atoms with Crippen LogP contribution in [0.2, 0.25) is 0 Å². The number of aryl methyl sites for hydroxylation is 1. The summed E-state index contributed by atoms with van der Waals surface area (Å²) in [5, 5.41) is 3.25. The summed E-state index contributed by atoms with van der Waals surface area (Å²) >= 11 is 0. The fraction of sp³-hybridized carbons (Fsp3) is 0.714. The Balaban J connectivity index is 2.50. The lowest BCUT2D eigenvalue weighted by Crippen LogP contribution is -2.15. The van der Waals surface area contributed by atoms with Gasteiger partial charge in [0.15, 0.2) is 0 Å². The molecule has 1 aromatic rings. The molecule has 0 saturated heterocycles. The van der Waals surface area contributed by atoms with Crippen molar-refractivity contribution >= 4 is 0 Å². The Kier molecular flexibility index (Phi) is 5.72.